The molecule has 1 aliphatic rings. The van der Waals surface area contributed by atoms with Crippen molar-refractivity contribution in [3.05, 3.63) is 24.3 Å². The molecule has 0 spiro atoms. The highest BCUT2D eigenvalue weighted by Crippen LogP contribution is 2.18. The SMILES string of the molecule is CCC(=O)Nc1cccc(NC(C)CC2CCCCN2)c1. The van der Waals surface area contributed by atoms with Crippen LogP contribution >= 0.6 is 0 Å². The molecule has 116 valence electrons. The van der Waals surface area contributed by atoms with Crippen LogP contribution < -0.4 is 16.0 Å². The molecular formula is C17H27N3O. The number of amides is 1. The van der Waals surface area contributed by atoms with Gasteiger partial charge in [-0.15, -0.1) is 0 Å². The molecule has 2 rings (SSSR count). The van der Waals surface area contributed by atoms with E-state index in [-0.39, 0.29) is 5.91 Å². The van der Waals surface area contributed by atoms with Gasteiger partial charge in [0.2, 0.25) is 5.91 Å². The minimum absolute atomic E-state index is 0.0478. The Labute approximate surface area is 127 Å². The number of anilines is 2. The van der Waals surface area contributed by atoms with Gasteiger partial charge in [0.05, 0.1) is 0 Å². The maximum atomic E-state index is 11.4. The van der Waals surface area contributed by atoms with Crippen LogP contribution in [0.2, 0.25) is 0 Å². The topological polar surface area (TPSA) is 53.2 Å². The third kappa shape index (κ3) is 5.38. The lowest BCUT2D eigenvalue weighted by molar-refractivity contribution is -0.115. The Morgan fingerprint density at radius 2 is 2.19 bits per heavy atom. The fourth-order valence-corrected chi connectivity index (χ4v) is 2.83. The third-order valence-electron chi connectivity index (χ3n) is 3.93. The lowest BCUT2D eigenvalue weighted by Gasteiger charge is -2.27. The summed E-state index contributed by atoms with van der Waals surface area (Å²) in [6.07, 6.45) is 5.55. The second kappa shape index (κ2) is 8.03. The minimum Gasteiger partial charge on any atom is -0.382 e. The lowest BCUT2D eigenvalue weighted by atomic mass is 9.98. The van der Waals surface area contributed by atoms with Gasteiger partial charge in [0.25, 0.3) is 0 Å². The van der Waals surface area contributed by atoms with Gasteiger partial charge >= 0.3 is 0 Å². The standard InChI is InChI=1S/C17H27N3O/c1-3-17(21)20-16-9-6-8-15(12-16)19-13(2)11-14-7-4-5-10-18-14/h6,8-9,12-14,18-19H,3-5,7,10-11H2,1-2H3,(H,20,21). The highest BCUT2D eigenvalue weighted by Gasteiger charge is 2.15. The number of piperidine rings is 1. The van der Waals surface area contributed by atoms with Gasteiger partial charge in [0.15, 0.2) is 0 Å². The number of rotatable bonds is 6. The van der Waals surface area contributed by atoms with Crippen molar-refractivity contribution in [2.45, 2.75) is 58.0 Å². The molecule has 3 N–H and O–H groups in total. The van der Waals surface area contributed by atoms with E-state index in [2.05, 4.69) is 22.9 Å². The molecule has 2 unspecified atom stereocenters. The average Bonchev–Trinajstić information content (AvgIpc) is 2.48. The van der Waals surface area contributed by atoms with E-state index in [0.717, 1.165) is 24.3 Å². The van der Waals surface area contributed by atoms with Crippen LogP contribution in [0, 0.1) is 0 Å². The van der Waals surface area contributed by atoms with Crippen LogP contribution in [0.4, 0.5) is 11.4 Å². The van der Waals surface area contributed by atoms with Gasteiger partial charge in [0.1, 0.15) is 0 Å². The van der Waals surface area contributed by atoms with Crippen molar-refractivity contribution in [2.75, 3.05) is 17.2 Å². The molecule has 1 aromatic rings. The molecule has 0 aliphatic carbocycles. The summed E-state index contributed by atoms with van der Waals surface area (Å²) in [6.45, 7) is 5.22. The van der Waals surface area contributed by atoms with Crippen molar-refractivity contribution in [2.24, 2.45) is 0 Å². The number of carbonyl (C=O) groups is 1. The van der Waals surface area contributed by atoms with Crippen molar-refractivity contribution in [3.8, 4) is 0 Å². The molecule has 21 heavy (non-hydrogen) atoms. The van der Waals surface area contributed by atoms with Crippen molar-refractivity contribution in [1.29, 1.82) is 0 Å². The molecule has 2 atom stereocenters. The van der Waals surface area contributed by atoms with Crippen LogP contribution in [0.1, 0.15) is 46.0 Å². The number of nitrogens with one attached hydrogen (secondary N) is 3. The van der Waals surface area contributed by atoms with Gasteiger partial charge in [0, 0.05) is 29.9 Å². The van der Waals surface area contributed by atoms with Crippen molar-refractivity contribution < 1.29 is 4.79 Å². The monoisotopic (exact) mass is 289 g/mol. The Morgan fingerprint density at radius 1 is 1.38 bits per heavy atom. The number of carbonyl (C=O) groups excluding carboxylic acids is 1. The summed E-state index contributed by atoms with van der Waals surface area (Å²) in [6, 6.07) is 8.98. The highest BCUT2D eigenvalue weighted by molar-refractivity contribution is 5.90. The molecular weight excluding hydrogens is 262 g/mol. The highest BCUT2D eigenvalue weighted by atomic mass is 16.1. The summed E-state index contributed by atoms with van der Waals surface area (Å²) in [7, 11) is 0. The third-order valence-corrected chi connectivity index (χ3v) is 3.93. The molecule has 1 heterocycles. The molecule has 1 aliphatic heterocycles. The molecule has 4 nitrogen and oxygen atoms in total. The van der Waals surface area contributed by atoms with Crippen molar-refractivity contribution >= 4 is 17.3 Å². The van der Waals surface area contributed by atoms with Gasteiger partial charge in [-0.2, -0.15) is 0 Å². The smallest absolute Gasteiger partial charge is 0.224 e. The summed E-state index contributed by atoms with van der Waals surface area (Å²) in [5.41, 5.74) is 1.92. The van der Waals surface area contributed by atoms with E-state index in [9.17, 15) is 4.79 Å². The fourth-order valence-electron chi connectivity index (χ4n) is 2.83. The van der Waals surface area contributed by atoms with E-state index in [1.54, 1.807) is 0 Å². The predicted molar refractivity (Wildman–Crippen MR) is 88.7 cm³/mol. The van der Waals surface area contributed by atoms with Gasteiger partial charge in [-0.1, -0.05) is 19.4 Å². The molecule has 0 saturated carbocycles. The molecule has 1 saturated heterocycles. The van der Waals surface area contributed by atoms with Gasteiger partial charge in [-0.3, -0.25) is 4.79 Å². The molecule has 4 heteroatoms. The number of hydrogen-bond donors (Lipinski definition) is 3. The fraction of sp³-hybridized carbons (Fsp3) is 0.588. The Balaban J connectivity index is 1.86. The molecule has 0 bridgehead atoms. The quantitative estimate of drug-likeness (QED) is 0.752. The number of benzene rings is 1. The van der Waals surface area contributed by atoms with Crippen LogP contribution in [0.15, 0.2) is 24.3 Å². The summed E-state index contributed by atoms with van der Waals surface area (Å²) >= 11 is 0. The Bertz CT molecular complexity index is 455. The summed E-state index contributed by atoms with van der Waals surface area (Å²) < 4.78 is 0. The van der Waals surface area contributed by atoms with E-state index in [1.807, 2.05) is 31.2 Å². The Morgan fingerprint density at radius 3 is 2.90 bits per heavy atom. The molecule has 1 aromatic carbocycles. The first kappa shape index (κ1) is 15.8. The van der Waals surface area contributed by atoms with Crippen LogP contribution in [0.5, 0.6) is 0 Å². The van der Waals surface area contributed by atoms with E-state index in [0.29, 0.717) is 18.5 Å². The Kier molecular flexibility index (Phi) is 6.05. The Hall–Kier alpha value is -1.55. The van der Waals surface area contributed by atoms with Crippen LogP contribution in [-0.4, -0.2) is 24.5 Å². The second-order valence-corrected chi connectivity index (χ2v) is 5.91. The van der Waals surface area contributed by atoms with E-state index in [4.69, 9.17) is 0 Å². The largest absolute Gasteiger partial charge is 0.382 e. The zero-order chi connectivity index (χ0) is 15.1. The molecule has 0 radical (unpaired) electrons. The molecule has 1 amide bonds. The zero-order valence-electron chi connectivity index (χ0n) is 13.1. The number of hydrogen-bond acceptors (Lipinski definition) is 3. The van der Waals surface area contributed by atoms with Gasteiger partial charge in [-0.25, -0.2) is 0 Å². The van der Waals surface area contributed by atoms with Gasteiger partial charge < -0.3 is 16.0 Å². The van der Waals surface area contributed by atoms with E-state index >= 15 is 0 Å². The summed E-state index contributed by atoms with van der Waals surface area (Å²) in [4.78, 5) is 11.4. The minimum atomic E-state index is 0.0478. The second-order valence-electron chi connectivity index (χ2n) is 5.91. The zero-order valence-corrected chi connectivity index (χ0v) is 13.1. The predicted octanol–water partition coefficient (Wildman–Crippen LogP) is 3.37. The van der Waals surface area contributed by atoms with Crippen molar-refractivity contribution in [3.63, 3.8) is 0 Å². The molecule has 1 fully saturated rings. The van der Waals surface area contributed by atoms with Gasteiger partial charge in [-0.05, 0) is 50.9 Å². The first-order chi connectivity index (χ1) is 10.2. The van der Waals surface area contributed by atoms with Crippen molar-refractivity contribution in [1.82, 2.24) is 5.32 Å². The molecule has 0 aromatic heterocycles. The van der Waals surface area contributed by atoms with Crippen LogP contribution in [-0.2, 0) is 4.79 Å². The van der Waals surface area contributed by atoms with E-state index < -0.39 is 0 Å². The maximum Gasteiger partial charge on any atom is 0.224 e. The summed E-state index contributed by atoms with van der Waals surface area (Å²) in [5.74, 6) is 0.0478. The van der Waals surface area contributed by atoms with Crippen LogP contribution in [0.25, 0.3) is 0 Å². The van der Waals surface area contributed by atoms with Crippen LogP contribution in [0.3, 0.4) is 0 Å². The maximum absolute atomic E-state index is 11.4. The summed E-state index contributed by atoms with van der Waals surface area (Å²) in [5, 5.41) is 10.0. The first-order valence-electron chi connectivity index (χ1n) is 8.07. The van der Waals surface area contributed by atoms with E-state index in [1.165, 1.54) is 19.3 Å². The lowest BCUT2D eigenvalue weighted by Crippen LogP contribution is -2.37. The average molecular weight is 289 g/mol. The normalized spacial score (nSPS) is 19.8. The first-order valence-corrected chi connectivity index (χ1v) is 8.07.